The summed E-state index contributed by atoms with van der Waals surface area (Å²) >= 11 is 0. The van der Waals surface area contributed by atoms with Gasteiger partial charge in [0.2, 0.25) is 6.33 Å². The van der Waals surface area contributed by atoms with E-state index in [-0.39, 0.29) is 31.8 Å². The van der Waals surface area contributed by atoms with Crippen LogP contribution in [-0.4, -0.2) is 33.0 Å². The largest absolute Gasteiger partial charge is 0.465 e. The number of nitrogens with zero attached hydrogens (tertiary/aromatic N) is 3. The van der Waals surface area contributed by atoms with Crippen molar-refractivity contribution in [2.75, 3.05) is 6.61 Å². The highest BCUT2D eigenvalue weighted by Gasteiger charge is 2.11. The lowest BCUT2D eigenvalue weighted by molar-refractivity contribution is -0.389. The molecule has 9 nitrogen and oxygen atoms in total. The Kier molecular flexibility index (Phi) is 5.88. The van der Waals surface area contributed by atoms with Gasteiger partial charge < -0.3 is 24.2 Å². The van der Waals surface area contributed by atoms with Gasteiger partial charge in [0, 0.05) is 6.54 Å². The number of rotatable bonds is 8. The van der Waals surface area contributed by atoms with E-state index in [1.165, 1.54) is 17.1 Å². The van der Waals surface area contributed by atoms with Crippen molar-refractivity contribution in [3.05, 3.63) is 35.5 Å². The van der Waals surface area contributed by atoms with Crippen LogP contribution in [0.3, 0.4) is 0 Å². The second-order valence-electron chi connectivity index (χ2n) is 3.60. The molecular formula is C11H13N3O6. The second kappa shape index (κ2) is 7.67. The van der Waals surface area contributed by atoms with Crippen LogP contribution >= 0.6 is 0 Å². The van der Waals surface area contributed by atoms with Gasteiger partial charge >= 0.3 is 17.8 Å². The summed E-state index contributed by atoms with van der Waals surface area (Å²) in [6.45, 7) is 3.33. The van der Waals surface area contributed by atoms with Crippen LogP contribution in [0.4, 0.5) is 5.82 Å². The van der Waals surface area contributed by atoms with E-state index in [4.69, 9.17) is 4.74 Å². The van der Waals surface area contributed by atoms with Gasteiger partial charge in [-0.2, -0.15) is 0 Å². The van der Waals surface area contributed by atoms with Gasteiger partial charge in [-0.25, -0.2) is 0 Å². The molecule has 1 aromatic rings. The molecule has 0 amide bonds. The van der Waals surface area contributed by atoms with Gasteiger partial charge in [-0.3, -0.25) is 9.59 Å². The first-order valence-electron chi connectivity index (χ1n) is 5.65. The minimum Gasteiger partial charge on any atom is -0.465 e. The van der Waals surface area contributed by atoms with Crippen LogP contribution in [0.15, 0.2) is 25.4 Å². The predicted molar refractivity (Wildman–Crippen MR) is 65.4 cm³/mol. The average molecular weight is 283 g/mol. The molecule has 0 aliphatic heterocycles. The fraction of sp³-hybridized carbons (Fsp3) is 0.364. The van der Waals surface area contributed by atoms with Crippen LogP contribution < -0.4 is 0 Å². The highest BCUT2D eigenvalue weighted by Crippen LogP contribution is 2.06. The molecule has 0 bridgehead atoms. The maximum absolute atomic E-state index is 11.3. The van der Waals surface area contributed by atoms with E-state index in [1.54, 1.807) is 0 Å². The summed E-state index contributed by atoms with van der Waals surface area (Å²) in [5.41, 5.74) is 0. The Bertz CT molecular complexity index is 510. The third kappa shape index (κ3) is 5.29. The van der Waals surface area contributed by atoms with Crippen LogP contribution in [0.25, 0.3) is 0 Å². The zero-order valence-corrected chi connectivity index (χ0v) is 10.6. The molecule has 9 heteroatoms. The van der Waals surface area contributed by atoms with E-state index in [2.05, 4.69) is 16.3 Å². The first-order chi connectivity index (χ1) is 9.52. The van der Waals surface area contributed by atoms with Crippen LogP contribution in [-0.2, 0) is 25.6 Å². The van der Waals surface area contributed by atoms with Gasteiger partial charge in [-0.1, -0.05) is 6.58 Å². The standard InChI is InChI=1S/C11H13N3O6/c1-2-19-11(16)4-6-20-10(15)3-5-13-7-9(12-8-13)14(17)18/h2,7-8H,1,3-6H2. The van der Waals surface area contributed by atoms with Crippen molar-refractivity contribution in [1.29, 1.82) is 0 Å². The topological polar surface area (TPSA) is 114 Å². The summed E-state index contributed by atoms with van der Waals surface area (Å²) in [7, 11) is 0. The lowest BCUT2D eigenvalue weighted by Gasteiger charge is -2.03. The number of nitro groups is 1. The lowest BCUT2D eigenvalue weighted by atomic mass is 10.4. The van der Waals surface area contributed by atoms with E-state index in [9.17, 15) is 19.7 Å². The first-order valence-corrected chi connectivity index (χ1v) is 5.65. The van der Waals surface area contributed by atoms with E-state index in [1.807, 2.05) is 0 Å². The molecule has 0 aromatic carbocycles. The van der Waals surface area contributed by atoms with Crippen molar-refractivity contribution < 1.29 is 24.0 Å². The summed E-state index contributed by atoms with van der Waals surface area (Å²) in [4.78, 5) is 35.6. The Balaban J connectivity index is 2.24. The van der Waals surface area contributed by atoms with E-state index < -0.39 is 16.9 Å². The zero-order valence-electron chi connectivity index (χ0n) is 10.6. The number of imidazole rings is 1. The Morgan fingerprint density at radius 3 is 2.80 bits per heavy atom. The number of carbonyl (C=O) groups excluding carboxylic acids is 2. The van der Waals surface area contributed by atoms with Gasteiger partial charge in [-0.15, -0.1) is 0 Å². The number of aromatic nitrogens is 2. The molecule has 20 heavy (non-hydrogen) atoms. The normalized spacial score (nSPS) is 9.80. The van der Waals surface area contributed by atoms with Crippen molar-refractivity contribution in [3.63, 3.8) is 0 Å². The van der Waals surface area contributed by atoms with Crippen molar-refractivity contribution >= 4 is 17.8 Å². The summed E-state index contributed by atoms with van der Waals surface area (Å²) in [6.07, 6.45) is 3.43. The first kappa shape index (κ1) is 15.3. The molecule has 0 radical (unpaired) electrons. The van der Waals surface area contributed by atoms with Crippen molar-refractivity contribution in [1.82, 2.24) is 9.55 Å². The minimum absolute atomic E-state index is 0.0179. The van der Waals surface area contributed by atoms with Gasteiger partial charge in [0.25, 0.3) is 0 Å². The Morgan fingerprint density at radius 1 is 1.45 bits per heavy atom. The second-order valence-corrected chi connectivity index (χ2v) is 3.60. The number of hydrogen-bond donors (Lipinski definition) is 0. The Morgan fingerprint density at radius 2 is 2.20 bits per heavy atom. The molecular weight excluding hydrogens is 270 g/mol. The number of hydrogen-bond acceptors (Lipinski definition) is 7. The van der Waals surface area contributed by atoms with Crippen LogP contribution in [0.1, 0.15) is 12.8 Å². The molecule has 0 saturated heterocycles. The molecule has 0 aliphatic rings. The monoisotopic (exact) mass is 283 g/mol. The predicted octanol–water partition coefficient (Wildman–Crippen LogP) is 0.801. The number of aryl methyl sites for hydroxylation is 1. The Hall–Kier alpha value is -2.71. The van der Waals surface area contributed by atoms with Crippen molar-refractivity contribution in [2.24, 2.45) is 0 Å². The lowest BCUT2D eigenvalue weighted by Crippen LogP contribution is -2.12. The molecule has 0 atom stereocenters. The maximum atomic E-state index is 11.3. The minimum atomic E-state index is -0.625. The Labute approximate surface area is 114 Å². The fourth-order valence-electron chi connectivity index (χ4n) is 1.26. The van der Waals surface area contributed by atoms with Crippen LogP contribution in [0.2, 0.25) is 0 Å². The SMILES string of the molecule is C=COC(=O)CCOC(=O)CCn1cnc([N+](=O)[O-])c1. The van der Waals surface area contributed by atoms with E-state index in [0.29, 0.717) is 0 Å². The zero-order chi connectivity index (χ0) is 15.0. The van der Waals surface area contributed by atoms with Gasteiger partial charge in [0.15, 0.2) is 0 Å². The average Bonchev–Trinajstić information content (AvgIpc) is 2.85. The van der Waals surface area contributed by atoms with Gasteiger partial charge in [0.1, 0.15) is 12.8 Å². The number of carbonyl (C=O) groups is 2. The smallest absolute Gasteiger partial charge is 0.381 e. The van der Waals surface area contributed by atoms with Crippen molar-refractivity contribution in [2.45, 2.75) is 19.4 Å². The number of ether oxygens (including phenoxy) is 2. The molecule has 1 aromatic heterocycles. The third-order valence-corrected chi connectivity index (χ3v) is 2.16. The van der Waals surface area contributed by atoms with E-state index >= 15 is 0 Å². The molecule has 1 rings (SSSR count). The highest BCUT2D eigenvalue weighted by molar-refractivity contribution is 5.72. The molecule has 0 N–H and O–H groups in total. The quantitative estimate of drug-likeness (QED) is 0.300. The maximum Gasteiger partial charge on any atom is 0.381 e. The summed E-state index contributed by atoms with van der Waals surface area (Å²) in [5, 5.41) is 10.4. The number of esters is 2. The van der Waals surface area contributed by atoms with Crippen molar-refractivity contribution in [3.8, 4) is 0 Å². The van der Waals surface area contributed by atoms with Crippen LogP contribution in [0.5, 0.6) is 0 Å². The molecule has 0 fully saturated rings. The van der Waals surface area contributed by atoms with Gasteiger partial charge in [0.05, 0.1) is 19.1 Å². The third-order valence-electron chi connectivity index (χ3n) is 2.16. The van der Waals surface area contributed by atoms with E-state index in [0.717, 1.165) is 6.26 Å². The summed E-state index contributed by atoms with van der Waals surface area (Å²) in [6, 6.07) is 0. The molecule has 0 aliphatic carbocycles. The van der Waals surface area contributed by atoms with Crippen LogP contribution in [0, 0.1) is 10.1 Å². The fourth-order valence-corrected chi connectivity index (χ4v) is 1.26. The molecule has 0 spiro atoms. The molecule has 108 valence electrons. The molecule has 0 saturated carbocycles. The molecule has 0 unspecified atom stereocenters. The summed E-state index contributed by atoms with van der Waals surface area (Å²) < 4.78 is 10.6. The summed E-state index contributed by atoms with van der Waals surface area (Å²) in [5.74, 6) is -1.35. The molecule has 1 heterocycles. The van der Waals surface area contributed by atoms with Gasteiger partial charge in [-0.05, 0) is 9.91 Å². The highest BCUT2D eigenvalue weighted by atomic mass is 16.6.